The average molecular weight is 570 g/mol. The number of amides is 1. The van der Waals surface area contributed by atoms with Gasteiger partial charge in [0.25, 0.3) is 0 Å². The molecule has 0 radical (unpaired) electrons. The fourth-order valence-electron chi connectivity index (χ4n) is 5.63. The lowest BCUT2D eigenvalue weighted by molar-refractivity contribution is -0.124. The Bertz CT molecular complexity index is 516. The molecule has 5 nitrogen and oxygen atoms in total. The van der Waals surface area contributed by atoms with Crippen LogP contribution in [0, 0.1) is 0 Å². The number of hydrogen-bond donors (Lipinski definition) is 4. The third kappa shape index (κ3) is 26.3. The maximum Gasteiger partial charge on any atom is 0.220 e. The van der Waals surface area contributed by atoms with Crippen molar-refractivity contribution in [2.75, 3.05) is 6.61 Å². The molecule has 0 saturated carbocycles. The smallest absolute Gasteiger partial charge is 0.220 e. The van der Waals surface area contributed by atoms with Crippen LogP contribution in [0.25, 0.3) is 0 Å². The van der Waals surface area contributed by atoms with Crippen molar-refractivity contribution in [3.05, 3.63) is 0 Å². The van der Waals surface area contributed by atoms with E-state index in [9.17, 15) is 20.1 Å². The molecule has 0 unspecified atom stereocenters. The highest BCUT2D eigenvalue weighted by Gasteiger charge is 2.26. The van der Waals surface area contributed by atoms with Crippen LogP contribution < -0.4 is 5.32 Å². The van der Waals surface area contributed by atoms with Gasteiger partial charge in [-0.2, -0.15) is 0 Å². The molecule has 1 amide bonds. The van der Waals surface area contributed by atoms with Crippen molar-refractivity contribution < 1.29 is 20.1 Å². The van der Waals surface area contributed by atoms with Crippen molar-refractivity contribution in [1.29, 1.82) is 0 Å². The van der Waals surface area contributed by atoms with E-state index in [-0.39, 0.29) is 12.5 Å². The Hall–Kier alpha value is -0.650. The zero-order valence-corrected chi connectivity index (χ0v) is 27.0. The van der Waals surface area contributed by atoms with Gasteiger partial charge in [-0.15, -0.1) is 0 Å². The van der Waals surface area contributed by atoms with Crippen LogP contribution in [-0.4, -0.2) is 46.1 Å². The molecule has 0 aromatic rings. The summed E-state index contributed by atoms with van der Waals surface area (Å²) in [6.07, 6.45) is 32.0. The zero-order valence-electron chi connectivity index (χ0n) is 27.0. The minimum Gasteiger partial charge on any atom is -0.394 e. The molecule has 0 aliphatic carbocycles. The summed E-state index contributed by atoms with van der Waals surface area (Å²) >= 11 is 0. The highest BCUT2D eigenvalue weighted by molar-refractivity contribution is 5.76. The van der Waals surface area contributed by atoms with E-state index in [1.165, 1.54) is 128 Å². The van der Waals surface area contributed by atoms with Gasteiger partial charge < -0.3 is 20.6 Å². The van der Waals surface area contributed by atoms with Gasteiger partial charge in [-0.25, -0.2) is 0 Å². The van der Waals surface area contributed by atoms with Crippen molar-refractivity contribution in [3.63, 3.8) is 0 Å². The summed E-state index contributed by atoms with van der Waals surface area (Å²) in [5.41, 5.74) is 0. The molecule has 0 aliphatic rings. The molecular weight excluding hydrogens is 498 g/mol. The number of rotatable bonds is 32. The molecule has 0 fully saturated rings. The molecule has 0 aromatic carbocycles. The molecule has 5 heteroatoms. The second kappa shape index (κ2) is 31.3. The van der Waals surface area contributed by atoms with E-state index in [0.29, 0.717) is 12.8 Å². The van der Waals surface area contributed by atoms with Crippen molar-refractivity contribution in [2.24, 2.45) is 0 Å². The summed E-state index contributed by atoms with van der Waals surface area (Å²) in [4.78, 5) is 12.3. The van der Waals surface area contributed by atoms with Crippen LogP contribution in [-0.2, 0) is 4.79 Å². The summed E-state index contributed by atoms with van der Waals surface area (Å²) < 4.78 is 0. The molecule has 0 heterocycles. The molecule has 3 atom stereocenters. The van der Waals surface area contributed by atoms with Gasteiger partial charge in [-0.05, 0) is 12.8 Å². The molecule has 0 saturated heterocycles. The standard InChI is InChI=1S/C35H71NO4/c1-3-5-7-9-11-13-14-15-16-17-18-19-20-22-24-26-28-30-34(39)36-32(31-37)35(40)33(38)29-27-25-23-21-12-10-8-6-4-2/h32-33,35,37-38,40H,3-31H2,1-2H3,(H,36,39)/t32-,33+,35-/m0/s1. The predicted molar refractivity (Wildman–Crippen MR) is 172 cm³/mol. The number of unbranched alkanes of at least 4 members (excludes halogenated alkanes) is 24. The summed E-state index contributed by atoms with van der Waals surface area (Å²) in [6, 6.07) is -0.799. The van der Waals surface area contributed by atoms with E-state index in [1.54, 1.807) is 0 Å². The van der Waals surface area contributed by atoms with E-state index in [1.807, 2.05) is 0 Å². The molecule has 0 rings (SSSR count). The third-order valence-electron chi connectivity index (χ3n) is 8.46. The maximum absolute atomic E-state index is 12.3. The van der Waals surface area contributed by atoms with Gasteiger partial charge in [0.2, 0.25) is 5.91 Å². The van der Waals surface area contributed by atoms with Crippen LogP contribution in [0.15, 0.2) is 0 Å². The quantitative estimate of drug-likeness (QED) is 0.0608. The van der Waals surface area contributed by atoms with Crippen molar-refractivity contribution in [2.45, 2.75) is 212 Å². The number of carbonyl (C=O) groups excluding carboxylic acids is 1. The molecule has 240 valence electrons. The largest absolute Gasteiger partial charge is 0.394 e. The number of nitrogens with one attached hydrogen (secondary N) is 1. The Balaban J connectivity index is 3.63. The SMILES string of the molecule is CCCCCCCCCCCCCCCCCCCC(=O)N[C@@H](CO)[C@H](O)[C@H](O)CCCCCCCCCCC. The maximum atomic E-state index is 12.3. The Morgan fingerprint density at radius 1 is 0.525 bits per heavy atom. The molecule has 40 heavy (non-hydrogen) atoms. The molecule has 0 spiro atoms. The first-order valence-electron chi connectivity index (χ1n) is 17.8. The van der Waals surface area contributed by atoms with Crippen LogP contribution in [0.1, 0.15) is 194 Å². The highest BCUT2D eigenvalue weighted by Crippen LogP contribution is 2.16. The van der Waals surface area contributed by atoms with Gasteiger partial charge in [0, 0.05) is 6.42 Å². The summed E-state index contributed by atoms with van der Waals surface area (Å²) in [5.74, 6) is -0.144. The Morgan fingerprint density at radius 2 is 0.850 bits per heavy atom. The third-order valence-corrected chi connectivity index (χ3v) is 8.46. The Morgan fingerprint density at radius 3 is 1.20 bits per heavy atom. The number of aliphatic hydroxyl groups excluding tert-OH is 3. The van der Waals surface area contributed by atoms with Crippen LogP contribution in [0.3, 0.4) is 0 Å². The van der Waals surface area contributed by atoms with E-state index >= 15 is 0 Å². The zero-order chi connectivity index (χ0) is 29.5. The van der Waals surface area contributed by atoms with Gasteiger partial charge in [-0.3, -0.25) is 4.79 Å². The molecule has 0 aromatic heterocycles. The number of hydrogen-bond acceptors (Lipinski definition) is 4. The van der Waals surface area contributed by atoms with Crippen LogP contribution in [0.4, 0.5) is 0 Å². The first-order chi connectivity index (χ1) is 19.6. The molecule has 0 aliphatic heterocycles. The minimum absolute atomic E-state index is 0.144. The number of carbonyl (C=O) groups is 1. The molecule has 0 bridgehead atoms. The van der Waals surface area contributed by atoms with E-state index in [0.717, 1.165) is 38.5 Å². The van der Waals surface area contributed by atoms with Gasteiger partial charge in [0.05, 0.1) is 18.8 Å². The van der Waals surface area contributed by atoms with E-state index in [4.69, 9.17) is 0 Å². The van der Waals surface area contributed by atoms with Crippen molar-refractivity contribution in [1.82, 2.24) is 5.32 Å². The van der Waals surface area contributed by atoms with Gasteiger partial charge in [-0.1, -0.05) is 174 Å². The lowest BCUT2D eigenvalue weighted by Crippen LogP contribution is -2.50. The van der Waals surface area contributed by atoms with Gasteiger partial charge in [0.15, 0.2) is 0 Å². The van der Waals surface area contributed by atoms with Crippen LogP contribution in [0.5, 0.6) is 0 Å². The first-order valence-corrected chi connectivity index (χ1v) is 17.8. The lowest BCUT2D eigenvalue weighted by Gasteiger charge is -2.26. The second-order valence-electron chi connectivity index (χ2n) is 12.4. The Labute approximate surface area is 249 Å². The average Bonchev–Trinajstić information content (AvgIpc) is 2.96. The monoisotopic (exact) mass is 570 g/mol. The van der Waals surface area contributed by atoms with E-state index in [2.05, 4.69) is 19.2 Å². The number of aliphatic hydroxyl groups is 3. The second-order valence-corrected chi connectivity index (χ2v) is 12.4. The van der Waals surface area contributed by atoms with Crippen LogP contribution in [0.2, 0.25) is 0 Å². The van der Waals surface area contributed by atoms with Crippen molar-refractivity contribution >= 4 is 5.91 Å². The van der Waals surface area contributed by atoms with E-state index < -0.39 is 18.2 Å². The normalized spacial score (nSPS) is 13.8. The highest BCUT2D eigenvalue weighted by atomic mass is 16.3. The van der Waals surface area contributed by atoms with Crippen molar-refractivity contribution in [3.8, 4) is 0 Å². The summed E-state index contributed by atoms with van der Waals surface area (Å²) in [7, 11) is 0. The minimum atomic E-state index is -1.13. The lowest BCUT2D eigenvalue weighted by atomic mass is 9.99. The topological polar surface area (TPSA) is 89.8 Å². The molecule has 4 N–H and O–H groups in total. The summed E-state index contributed by atoms with van der Waals surface area (Å²) in [5, 5.41) is 33.2. The predicted octanol–water partition coefficient (Wildman–Crippen LogP) is 9.15. The summed E-state index contributed by atoms with van der Waals surface area (Å²) in [6.45, 7) is 4.15. The Kier molecular flexibility index (Phi) is 30.8. The fraction of sp³-hybridized carbons (Fsp3) is 0.971. The van der Waals surface area contributed by atoms with Gasteiger partial charge >= 0.3 is 0 Å². The first kappa shape index (κ1) is 39.4. The fourth-order valence-corrected chi connectivity index (χ4v) is 5.63. The van der Waals surface area contributed by atoms with Gasteiger partial charge in [0.1, 0.15) is 6.10 Å². The molecular formula is C35H71NO4. The van der Waals surface area contributed by atoms with Crippen LogP contribution >= 0.6 is 0 Å².